The summed E-state index contributed by atoms with van der Waals surface area (Å²) in [5.74, 6) is -4.85. The van der Waals surface area contributed by atoms with Crippen molar-refractivity contribution in [1.82, 2.24) is 5.32 Å². The predicted molar refractivity (Wildman–Crippen MR) is 91.1 cm³/mol. The molecule has 2 aromatic rings. The van der Waals surface area contributed by atoms with Gasteiger partial charge in [-0.3, -0.25) is 9.59 Å². The van der Waals surface area contributed by atoms with Gasteiger partial charge in [0.25, 0.3) is 0 Å². The number of hydrogen-bond donors (Lipinski definition) is 2. The van der Waals surface area contributed by atoms with Gasteiger partial charge in [-0.2, -0.15) is 0 Å². The summed E-state index contributed by atoms with van der Waals surface area (Å²) in [5, 5.41) is 4.36. The van der Waals surface area contributed by atoms with E-state index in [0.29, 0.717) is 17.6 Å². The number of anilines is 1. The lowest BCUT2D eigenvalue weighted by Gasteiger charge is -2.11. The van der Waals surface area contributed by atoms with Crippen molar-refractivity contribution in [1.29, 1.82) is 0 Å². The monoisotopic (exact) mass is 382 g/mol. The summed E-state index contributed by atoms with van der Waals surface area (Å²) >= 11 is 0. The number of carbonyl (C=O) groups is 2. The normalized spacial score (nSPS) is 10.2. The van der Waals surface area contributed by atoms with Crippen LogP contribution in [0.4, 0.5) is 18.9 Å². The molecule has 6 nitrogen and oxygen atoms in total. The minimum atomic E-state index is -1.69. The van der Waals surface area contributed by atoms with E-state index in [1.165, 1.54) is 7.11 Å². The van der Waals surface area contributed by atoms with E-state index >= 15 is 0 Å². The Morgan fingerprint density at radius 3 is 2.37 bits per heavy atom. The molecule has 0 bridgehead atoms. The van der Waals surface area contributed by atoms with Gasteiger partial charge in [0.15, 0.2) is 29.0 Å². The van der Waals surface area contributed by atoms with Crippen LogP contribution in [0.1, 0.15) is 6.42 Å². The van der Waals surface area contributed by atoms with Crippen LogP contribution in [0.3, 0.4) is 0 Å². The standard InChI is InChI=1S/C18H17F3N2O4/c1-26-13-4-2-3-5-14(13)27-9-8-15(24)22-10-16(25)23-12-7-6-11(19)17(20)18(12)21/h2-7H,8-10H2,1H3,(H,22,24)(H,23,25). The lowest BCUT2D eigenvalue weighted by molar-refractivity contribution is -0.124. The molecule has 9 heteroatoms. The molecule has 2 aromatic carbocycles. The van der Waals surface area contributed by atoms with E-state index in [1.54, 1.807) is 24.3 Å². The van der Waals surface area contributed by atoms with E-state index in [0.717, 1.165) is 6.07 Å². The van der Waals surface area contributed by atoms with Crippen LogP contribution < -0.4 is 20.1 Å². The highest BCUT2D eigenvalue weighted by Gasteiger charge is 2.15. The number of nitrogens with one attached hydrogen (secondary N) is 2. The smallest absolute Gasteiger partial charge is 0.243 e. The number of methoxy groups -OCH3 is 1. The van der Waals surface area contributed by atoms with Gasteiger partial charge in [0.1, 0.15) is 0 Å². The number of para-hydroxylation sites is 2. The number of hydrogen-bond acceptors (Lipinski definition) is 4. The molecule has 0 saturated carbocycles. The summed E-state index contributed by atoms with van der Waals surface area (Å²) < 4.78 is 49.9. The Morgan fingerprint density at radius 2 is 1.67 bits per heavy atom. The van der Waals surface area contributed by atoms with Crippen molar-refractivity contribution in [2.45, 2.75) is 6.42 Å². The van der Waals surface area contributed by atoms with Crippen molar-refractivity contribution in [2.75, 3.05) is 25.6 Å². The average molecular weight is 382 g/mol. The summed E-state index contributed by atoms with van der Waals surface area (Å²) in [5.41, 5.74) is -0.521. The van der Waals surface area contributed by atoms with Gasteiger partial charge in [-0.05, 0) is 24.3 Å². The van der Waals surface area contributed by atoms with Crippen molar-refractivity contribution >= 4 is 17.5 Å². The van der Waals surface area contributed by atoms with E-state index < -0.39 is 41.5 Å². The van der Waals surface area contributed by atoms with Crippen molar-refractivity contribution in [3.05, 3.63) is 53.8 Å². The third-order valence-corrected chi connectivity index (χ3v) is 3.41. The van der Waals surface area contributed by atoms with Crippen LogP contribution in [0.15, 0.2) is 36.4 Å². The molecule has 0 atom stereocenters. The highest BCUT2D eigenvalue weighted by molar-refractivity contribution is 5.94. The first-order valence-electron chi connectivity index (χ1n) is 7.88. The maximum absolute atomic E-state index is 13.5. The fourth-order valence-corrected chi connectivity index (χ4v) is 2.08. The maximum atomic E-state index is 13.5. The quantitative estimate of drug-likeness (QED) is 0.689. The van der Waals surface area contributed by atoms with E-state index in [4.69, 9.17) is 9.47 Å². The highest BCUT2D eigenvalue weighted by Crippen LogP contribution is 2.25. The predicted octanol–water partition coefficient (Wildman–Crippen LogP) is 2.64. The second kappa shape index (κ2) is 9.46. The van der Waals surface area contributed by atoms with Gasteiger partial charge in [-0.15, -0.1) is 0 Å². The summed E-state index contributed by atoms with van der Waals surface area (Å²) in [4.78, 5) is 23.4. The maximum Gasteiger partial charge on any atom is 0.243 e. The third-order valence-electron chi connectivity index (χ3n) is 3.41. The molecule has 2 amide bonds. The molecule has 2 N–H and O–H groups in total. The number of ether oxygens (including phenoxy) is 2. The number of carbonyl (C=O) groups excluding carboxylic acids is 2. The number of benzene rings is 2. The van der Waals surface area contributed by atoms with Gasteiger partial charge in [0.2, 0.25) is 11.8 Å². The SMILES string of the molecule is COc1ccccc1OCCC(=O)NCC(=O)Nc1ccc(F)c(F)c1F. The van der Waals surface area contributed by atoms with E-state index in [-0.39, 0.29) is 13.0 Å². The zero-order chi connectivity index (χ0) is 19.8. The van der Waals surface area contributed by atoms with Gasteiger partial charge in [0, 0.05) is 0 Å². The number of rotatable bonds is 8. The van der Waals surface area contributed by atoms with Crippen LogP contribution in [0.5, 0.6) is 11.5 Å². The van der Waals surface area contributed by atoms with Crippen LogP contribution in [0, 0.1) is 17.5 Å². The largest absolute Gasteiger partial charge is 0.493 e. The lowest BCUT2D eigenvalue weighted by Crippen LogP contribution is -2.33. The first-order valence-corrected chi connectivity index (χ1v) is 7.88. The summed E-state index contributed by atoms with van der Waals surface area (Å²) in [6.45, 7) is -0.419. The second-order valence-electron chi connectivity index (χ2n) is 5.30. The molecule has 0 aliphatic heterocycles. The summed E-state index contributed by atoms with van der Waals surface area (Å²) in [7, 11) is 1.49. The van der Waals surface area contributed by atoms with Crippen molar-refractivity contribution in [2.24, 2.45) is 0 Å². The zero-order valence-electron chi connectivity index (χ0n) is 14.4. The Bertz CT molecular complexity index is 830. The Balaban J connectivity index is 1.75. The molecule has 0 radical (unpaired) electrons. The van der Waals surface area contributed by atoms with Gasteiger partial charge >= 0.3 is 0 Å². The molecule has 0 spiro atoms. The molecule has 0 aromatic heterocycles. The molecule has 0 heterocycles. The molecule has 144 valence electrons. The molecule has 0 fully saturated rings. The molecule has 0 aliphatic rings. The van der Waals surface area contributed by atoms with Gasteiger partial charge < -0.3 is 20.1 Å². The van der Waals surface area contributed by atoms with Crippen LogP contribution in [-0.2, 0) is 9.59 Å². The molecule has 0 saturated heterocycles. The fourth-order valence-electron chi connectivity index (χ4n) is 2.08. The Morgan fingerprint density at radius 1 is 0.963 bits per heavy atom. The topological polar surface area (TPSA) is 76.7 Å². The van der Waals surface area contributed by atoms with Gasteiger partial charge in [-0.1, -0.05) is 12.1 Å². The third kappa shape index (κ3) is 5.63. The summed E-state index contributed by atoms with van der Waals surface area (Å²) in [6, 6.07) is 8.47. The molecule has 0 aliphatic carbocycles. The lowest BCUT2D eigenvalue weighted by atomic mass is 10.2. The summed E-state index contributed by atoms with van der Waals surface area (Å²) in [6.07, 6.45) is -0.0368. The average Bonchev–Trinajstić information content (AvgIpc) is 2.67. The minimum absolute atomic E-state index is 0.0368. The van der Waals surface area contributed by atoms with Crippen LogP contribution in [0.25, 0.3) is 0 Å². The number of halogens is 3. The van der Waals surface area contributed by atoms with Gasteiger partial charge in [0.05, 0.1) is 32.4 Å². The second-order valence-corrected chi connectivity index (χ2v) is 5.30. The molecule has 2 rings (SSSR count). The molecular weight excluding hydrogens is 365 g/mol. The highest BCUT2D eigenvalue weighted by atomic mass is 19.2. The van der Waals surface area contributed by atoms with E-state index in [2.05, 4.69) is 5.32 Å². The van der Waals surface area contributed by atoms with Crippen molar-refractivity contribution in [3.63, 3.8) is 0 Å². The molecular formula is C18H17F3N2O4. The first-order chi connectivity index (χ1) is 12.9. The fraction of sp³-hybridized carbons (Fsp3) is 0.222. The minimum Gasteiger partial charge on any atom is -0.493 e. The van der Waals surface area contributed by atoms with E-state index in [9.17, 15) is 22.8 Å². The Labute approximate surface area is 153 Å². The van der Waals surface area contributed by atoms with Crippen molar-refractivity contribution in [3.8, 4) is 11.5 Å². The first kappa shape index (κ1) is 20.1. The van der Waals surface area contributed by atoms with Crippen LogP contribution in [-0.4, -0.2) is 32.1 Å². The van der Waals surface area contributed by atoms with Gasteiger partial charge in [-0.25, -0.2) is 13.2 Å². The van der Waals surface area contributed by atoms with Crippen LogP contribution in [0.2, 0.25) is 0 Å². The Hall–Kier alpha value is -3.23. The number of amides is 2. The Kier molecular flexibility index (Phi) is 7.04. The zero-order valence-corrected chi connectivity index (χ0v) is 14.4. The molecule has 0 unspecified atom stereocenters. The molecule has 27 heavy (non-hydrogen) atoms. The van der Waals surface area contributed by atoms with Crippen molar-refractivity contribution < 1.29 is 32.2 Å². The van der Waals surface area contributed by atoms with Crippen LogP contribution >= 0.6 is 0 Å². The van der Waals surface area contributed by atoms with E-state index in [1.807, 2.05) is 5.32 Å².